The van der Waals surface area contributed by atoms with Gasteiger partial charge < -0.3 is 5.32 Å². The summed E-state index contributed by atoms with van der Waals surface area (Å²) in [4.78, 5) is 22.5. The van der Waals surface area contributed by atoms with E-state index in [0.29, 0.717) is 9.87 Å². The number of nitrogens with zero attached hydrogens (tertiary/aromatic N) is 1. The summed E-state index contributed by atoms with van der Waals surface area (Å²) in [6.45, 7) is 2.97. The van der Waals surface area contributed by atoms with Crippen molar-refractivity contribution in [3.8, 4) is 0 Å². The van der Waals surface area contributed by atoms with Crippen molar-refractivity contribution in [3.63, 3.8) is 0 Å². The molecule has 0 saturated carbocycles. The number of hydrogen-bond acceptors (Lipinski definition) is 6. The van der Waals surface area contributed by atoms with Crippen LogP contribution in [0.15, 0.2) is 23.1 Å². The lowest BCUT2D eigenvalue weighted by atomic mass is 10.2. The molecule has 2 rings (SSSR count). The van der Waals surface area contributed by atoms with Gasteiger partial charge in [0.1, 0.15) is 0 Å². The highest BCUT2D eigenvalue weighted by Gasteiger charge is 2.36. The van der Waals surface area contributed by atoms with Crippen LogP contribution in [0.25, 0.3) is 0 Å². The number of aryl methyl sites for hydroxylation is 1. The number of rotatable bonds is 6. The van der Waals surface area contributed by atoms with Gasteiger partial charge in [-0.05, 0) is 24.6 Å². The number of carbonyl (C=O) groups excluding carboxylic acids is 2. The zero-order chi connectivity index (χ0) is 18.8. The second-order valence-corrected chi connectivity index (χ2v) is 9.23. The maximum absolute atomic E-state index is 12.4. The van der Waals surface area contributed by atoms with E-state index in [4.69, 9.17) is 0 Å². The first-order valence-corrected chi connectivity index (χ1v) is 10.5. The monoisotopic (exact) mass is 389 g/mol. The number of hydrogen-bond donors (Lipinski definition) is 2. The van der Waals surface area contributed by atoms with Crippen molar-refractivity contribution < 1.29 is 26.4 Å². The zero-order valence-electron chi connectivity index (χ0n) is 13.8. The van der Waals surface area contributed by atoms with Crippen molar-refractivity contribution >= 4 is 37.5 Å². The molecule has 1 fully saturated rings. The van der Waals surface area contributed by atoms with Crippen LogP contribution in [0.5, 0.6) is 0 Å². The molecule has 138 valence electrons. The predicted molar refractivity (Wildman–Crippen MR) is 90.9 cm³/mol. The molecule has 0 aliphatic carbocycles. The molecule has 9 nitrogen and oxygen atoms in total. The summed E-state index contributed by atoms with van der Waals surface area (Å²) in [6, 6.07) is 4.00. The van der Waals surface area contributed by atoms with Crippen LogP contribution >= 0.6 is 0 Å². The third kappa shape index (κ3) is 4.35. The highest BCUT2D eigenvalue weighted by atomic mass is 32.2. The first kappa shape index (κ1) is 19.3. The zero-order valence-corrected chi connectivity index (χ0v) is 15.4. The van der Waals surface area contributed by atoms with Crippen LogP contribution in [0.3, 0.4) is 0 Å². The van der Waals surface area contributed by atoms with Crippen molar-refractivity contribution in [2.24, 2.45) is 0 Å². The summed E-state index contributed by atoms with van der Waals surface area (Å²) >= 11 is 0. The predicted octanol–water partition coefficient (Wildman–Crippen LogP) is -0.524. The topological polar surface area (TPSA) is 130 Å². The molecule has 0 spiro atoms. The molecule has 0 atom stereocenters. The lowest BCUT2D eigenvalue weighted by molar-refractivity contribution is -0.119. The van der Waals surface area contributed by atoms with Crippen LogP contribution in [0.2, 0.25) is 0 Å². The Balaban J connectivity index is 2.30. The Morgan fingerprint density at radius 3 is 2.52 bits per heavy atom. The average molecular weight is 389 g/mol. The van der Waals surface area contributed by atoms with Crippen LogP contribution in [0.1, 0.15) is 18.9 Å². The van der Waals surface area contributed by atoms with E-state index in [0.717, 1.165) is 6.07 Å². The molecule has 1 aliphatic rings. The minimum absolute atomic E-state index is 0.00432. The average Bonchev–Trinajstić information content (AvgIpc) is 2.78. The Labute approximate surface area is 146 Å². The second-order valence-electron chi connectivity index (χ2n) is 5.55. The molecule has 1 saturated heterocycles. The van der Waals surface area contributed by atoms with E-state index in [9.17, 15) is 26.4 Å². The van der Waals surface area contributed by atoms with Crippen molar-refractivity contribution in [3.05, 3.63) is 23.8 Å². The fourth-order valence-electron chi connectivity index (χ4n) is 2.38. The van der Waals surface area contributed by atoms with Crippen molar-refractivity contribution in [2.45, 2.75) is 25.2 Å². The lowest BCUT2D eigenvalue weighted by Gasteiger charge is -2.17. The summed E-state index contributed by atoms with van der Waals surface area (Å²) in [6.07, 6.45) is -0.132. The third-order valence-corrected chi connectivity index (χ3v) is 6.86. The Morgan fingerprint density at radius 1 is 1.28 bits per heavy atom. The number of carbonyl (C=O) groups is 2. The van der Waals surface area contributed by atoms with E-state index >= 15 is 0 Å². The molecule has 0 radical (unpaired) electrons. The molecule has 1 heterocycles. The summed E-state index contributed by atoms with van der Waals surface area (Å²) < 4.78 is 51.8. The van der Waals surface area contributed by atoms with Crippen LogP contribution < -0.4 is 14.3 Å². The summed E-state index contributed by atoms with van der Waals surface area (Å²) in [5, 5.41) is 2.46. The number of amides is 2. The minimum atomic E-state index is -3.93. The number of anilines is 1. The van der Waals surface area contributed by atoms with Gasteiger partial charge in [-0.15, -0.1) is 0 Å². The molecule has 2 N–H and O–H groups in total. The molecule has 0 aromatic heterocycles. The van der Waals surface area contributed by atoms with Gasteiger partial charge in [-0.2, -0.15) is 0 Å². The van der Waals surface area contributed by atoms with Crippen LogP contribution in [-0.2, 0) is 29.6 Å². The fourth-order valence-corrected chi connectivity index (χ4v) is 5.12. The smallest absolute Gasteiger partial charge is 0.242 e. The van der Waals surface area contributed by atoms with Gasteiger partial charge in [0.05, 0.1) is 16.3 Å². The molecule has 2 amide bonds. The maximum atomic E-state index is 12.4. The van der Waals surface area contributed by atoms with E-state index in [2.05, 4.69) is 10.0 Å². The summed E-state index contributed by atoms with van der Waals surface area (Å²) in [5.41, 5.74) is 0.398. The number of nitrogens with one attached hydrogen (secondary N) is 2. The Morgan fingerprint density at radius 2 is 1.96 bits per heavy atom. The van der Waals surface area contributed by atoms with E-state index < -0.39 is 26.0 Å². The lowest BCUT2D eigenvalue weighted by Crippen LogP contribution is -2.34. The normalized spacial score (nSPS) is 16.9. The maximum Gasteiger partial charge on any atom is 0.242 e. The Hall–Kier alpha value is -1.98. The first-order chi connectivity index (χ1) is 11.5. The van der Waals surface area contributed by atoms with Crippen LogP contribution in [0.4, 0.5) is 5.69 Å². The van der Waals surface area contributed by atoms with Crippen molar-refractivity contribution in [1.29, 1.82) is 0 Å². The highest BCUT2D eigenvalue weighted by molar-refractivity contribution is 7.94. The van der Waals surface area contributed by atoms with Gasteiger partial charge in [-0.1, -0.05) is 6.07 Å². The number of benzene rings is 1. The van der Waals surface area contributed by atoms with Gasteiger partial charge in [0.15, 0.2) is 0 Å². The molecule has 11 heteroatoms. The molecule has 0 unspecified atom stereocenters. The highest BCUT2D eigenvalue weighted by Crippen LogP contribution is 2.28. The van der Waals surface area contributed by atoms with E-state index in [1.54, 1.807) is 6.92 Å². The molecule has 0 bridgehead atoms. The molecule has 1 aliphatic heterocycles. The first-order valence-electron chi connectivity index (χ1n) is 7.45. The van der Waals surface area contributed by atoms with Crippen molar-refractivity contribution in [1.82, 2.24) is 10.0 Å². The standard InChI is InChI=1S/C14H19N3O6S2/c1-10-3-4-12(17-14(19)5-8-24(17,20)21)9-13(10)25(22,23)16-7-6-15-11(2)18/h3-4,9,16H,5-8H2,1-2H3,(H,15,18). The van der Waals surface area contributed by atoms with E-state index in [-0.39, 0.29) is 41.8 Å². The van der Waals surface area contributed by atoms with E-state index in [1.807, 2.05) is 0 Å². The number of sulfonamides is 2. The van der Waals surface area contributed by atoms with Gasteiger partial charge in [0.25, 0.3) is 0 Å². The Kier molecular flexibility index (Phi) is 5.49. The van der Waals surface area contributed by atoms with Crippen LogP contribution in [0, 0.1) is 6.92 Å². The molecular weight excluding hydrogens is 370 g/mol. The fraction of sp³-hybridized carbons (Fsp3) is 0.429. The SMILES string of the molecule is CC(=O)NCCNS(=O)(=O)c1cc(N2C(=O)CCS2(=O)=O)ccc1C. The van der Waals surface area contributed by atoms with Gasteiger partial charge in [-0.3, -0.25) is 9.59 Å². The van der Waals surface area contributed by atoms with Gasteiger partial charge in [0, 0.05) is 26.4 Å². The minimum Gasteiger partial charge on any atom is -0.355 e. The third-order valence-electron chi connectivity index (χ3n) is 3.57. The quantitative estimate of drug-likeness (QED) is 0.630. The molecule has 25 heavy (non-hydrogen) atoms. The van der Waals surface area contributed by atoms with E-state index in [1.165, 1.54) is 19.1 Å². The molecule has 1 aromatic rings. The summed E-state index contributed by atoms with van der Waals surface area (Å²) in [5.74, 6) is -1.17. The molecular formula is C14H19N3O6S2. The van der Waals surface area contributed by atoms with Crippen molar-refractivity contribution in [2.75, 3.05) is 23.1 Å². The van der Waals surface area contributed by atoms with Gasteiger partial charge in [0.2, 0.25) is 31.9 Å². The second kappa shape index (κ2) is 7.10. The summed E-state index contributed by atoms with van der Waals surface area (Å²) in [7, 11) is -7.70. The largest absolute Gasteiger partial charge is 0.355 e. The van der Waals surface area contributed by atoms with Crippen LogP contribution in [-0.4, -0.2) is 47.5 Å². The van der Waals surface area contributed by atoms with Gasteiger partial charge in [-0.25, -0.2) is 25.9 Å². The Bertz CT molecular complexity index is 908. The van der Waals surface area contributed by atoms with Gasteiger partial charge >= 0.3 is 0 Å². The molecule has 1 aromatic carbocycles.